The number of hydrogen-bond acceptors (Lipinski definition) is 5. The van der Waals surface area contributed by atoms with Crippen molar-refractivity contribution in [2.75, 3.05) is 12.4 Å². The summed E-state index contributed by atoms with van der Waals surface area (Å²) in [6, 6.07) is 0. The molecule has 4 nitrogen and oxygen atoms in total. The zero-order valence-electron chi connectivity index (χ0n) is 6.49. The van der Waals surface area contributed by atoms with Crippen LogP contribution in [0, 0.1) is 0 Å². The van der Waals surface area contributed by atoms with Gasteiger partial charge in [-0.2, -0.15) is 12.6 Å². The number of carbonyl (C=O) groups excluding carboxylic acids is 2. The number of ether oxygens (including phenoxy) is 2. The van der Waals surface area contributed by atoms with Crippen molar-refractivity contribution in [2.45, 2.75) is 18.9 Å². The molecule has 5 heteroatoms. The van der Waals surface area contributed by atoms with Gasteiger partial charge in [0.15, 0.2) is 0 Å². The highest BCUT2D eigenvalue weighted by Crippen LogP contribution is 2.10. The molecule has 1 saturated heterocycles. The predicted octanol–water partition coefficient (Wildman–Crippen LogP) is 0.165. The van der Waals surface area contributed by atoms with E-state index in [2.05, 4.69) is 17.4 Å². The van der Waals surface area contributed by atoms with Crippen molar-refractivity contribution in [3.05, 3.63) is 0 Å². The van der Waals surface area contributed by atoms with Crippen molar-refractivity contribution < 1.29 is 19.1 Å². The molecule has 1 unspecified atom stereocenters. The highest BCUT2D eigenvalue weighted by atomic mass is 32.1. The fourth-order valence-corrected chi connectivity index (χ4v) is 1.08. The first-order valence-corrected chi connectivity index (χ1v) is 4.31. The Labute approximate surface area is 75.6 Å². The van der Waals surface area contributed by atoms with Crippen LogP contribution in [0.5, 0.6) is 0 Å². The molecule has 0 spiro atoms. The van der Waals surface area contributed by atoms with Gasteiger partial charge >= 0.3 is 11.9 Å². The van der Waals surface area contributed by atoms with E-state index in [9.17, 15) is 9.59 Å². The first-order chi connectivity index (χ1) is 5.72. The highest BCUT2D eigenvalue weighted by Gasteiger charge is 2.26. The van der Waals surface area contributed by atoms with E-state index < -0.39 is 0 Å². The molecular formula is C7H10O4S. The van der Waals surface area contributed by atoms with Crippen molar-refractivity contribution in [1.29, 1.82) is 0 Å². The van der Waals surface area contributed by atoms with Crippen LogP contribution in [0.25, 0.3) is 0 Å². The average Bonchev–Trinajstić information content (AvgIpc) is 2.36. The third kappa shape index (κ3) is 2.73. The summed E-state index contributed by atoms with van der Waals surface area (Å²) in [5, 5.41) is 0. The molecule has 0 bridgehead atoms. The second-order valence-electron chi connectivity index (χ2n) is 2.47. The second-order valence-corrected chi connectivity index (χ2v) is 2.92. The maximum Gasteiger partial charge on any atom is 0.309 e. The molecule has 0 saturated carbocycles. The molecule has 1 aliphatic rings. The van der Waals surface area contributed by atoms with Gasteiger partial charge in [-0.25, -0.2) is 0 Å². The van der Waals surface area contributed by atoms with E-state index in [4.69, 9.17) is 4.74 Å². The van der Waals surface area contributed by atoms with Gasteiger partial charge in [0.1, 0.15) is 12.7 Å². The lowest BCUT2D eigenvalue weighted by Gasteiger charge is -2.07. The number of cyclic esters (lactones) is 1. The van der Waals surface area contributed by atoms with Crippen LogP contribution in [0.4, 0.5) is 0 Å². The summed E-state index contributed by atoms with van der Waals surface area (Å²) in [4.78, 5) is 21.4. The third-order valence-corrected chi connectivity index (χ3v) is 1.66. The second kappa shape index (κ2) is 4.35. The Hall–Kier alpha value is -0.710. The summed E-state index contributed by atoms with van der Waals surface area (Å²) in [6.45, 7) is 0.192. The maximum absolute atomic E-state index is 10.9. The van der Waals surface area contributed by atoms with Crippen molar-refractivity contribution in [3.8, 4) is 0 Å². The van der Waals surface area contributed by atoms with Crippen LogP contribution >= 0.6 is 12.6 Å². The predicted molar refractivity (Wildman–Crippen MR) is 43.9 cm³/mol. The lowest BCUT2D eigenvalue weighted by molar-refractivity contribution is -0.148. The highest BCUT2D eigenvalue weighted by molar-refractivity contribution is 7.80. The fraction of sp³-hybridized carbons (Fsp3) is 0.714. The number of carbonyl (C=O) groups is 2. The molecule has 12 heavy (non-hydrogen) atoms. The van der Waals surface area contributed by atoms with Gasteiger partial charge < -0.3 is 9.47 Å². The minimum absolute atomic E-state index is 0.179. The quantitative estimate of drug-likeness (QED) is 0.509. The standard InChI is InChI=1S/C7H10O4S/c8-6(1-2-12)11-5-3-7(9)10-4-5/h5,12H,1-4H2. The summed E-state index contributed by atoms with van der Waals surface area (Å²) in [6.07, 6.45) is 0.0661. The molecule has 0 radical (unpaired) electrons. The van der Waals surface area contributed by atoms with Gasteiger partial charge in [0, 0.05) is 5.75 Å². The molecule has 68 valence electrons. The average molecular weight is 190 g/mol. The van der Waals surface area contributed by atoms with Crippen molar-refractivity contribution >= 4 is 24.6 Å². The summed E-state index contributed by atoms with van der Waals surface area (Å²) in [5.41, 5.74) is 0. The van der Waals surface area contributed by atoms with Crippen molar-refractivity contribution in [2.24, 2.45) is 0 Å². The zero-order chi connectivity index (χ0) is 8.97. The molecule has 1 rings (SSSR count). The van der Waals surface area contributed by atoms with Crippen LogP contribution in [-0.4, -0.2) is 30.4 Å². The Balaban J connectivity index is 2.23. The molecule has 0 amide bonds. The van der Waals surface area contributed by atoms with Gasteiger partial charge in [0.25, 0.3) is 0 Å². The smallest absolute Gasteiger partial charge is 0.309 e. The van der Waals surface area contributed by atoms with Crippen LogP contribution in [0.15, 0.2) is 0 Å². The Morgan fingerprint density at radius 3 is 3.00 bits per heavy atom. The normalized spacial score (nSPS) is 22.1. The minimum Gasteiger partial charge on any atom is -0.462 e. The first kappa shape index (κ1) is 9.38. The summed E-state index contributed by atoms with van der Waals surface area (Å²) >= 11 is 3.88. The molecule has 1 fully saturated rings. The molecule has 0 aromatic heterocycles. The lowest BCUT2D eigenvalue weighted by Crippen LogP contribution is -2.18. The molecule has 1 aliphatic heterocycles. The maximum atomic E-state index is 10.9. The number of hydrogen-bond donors (Lipinski definition) is 1. The number of rotatable bonds is 3. The van der Waals surface area contributed by atoms with Gasteiger partial charge in [-0.3, -0.25) is 9.59 Å². The van der Waals surface area contributed by atoms with Crippen LogP contribution in [0.1, 0.15) is 12.8 Å². The monoisotopic (exact) mass is 190 g/mol. The fourth-order valence-electron chi connectivity index (χ4n) is 0.901. The van der Waals surface area contributed by atoms with E-state index in [0.717, 1.165) is 0 Å². The van der Waals surface area contributed by atoms with E-state index in [1.54, 1.807) is 0 Å². The largest absolute Gasteiger partial charge is 0.462 e. The van der Waals surface area contributed by atoms with Crippen molar-refractivity contribution in [3.63, 3.8) is 0 Å². The van der Waals surface area contributed by atoms with Gasteiger partial charge in [-0.05, 0) is 0 Å². The Kier molecular flexibility index (Phi) is 3.40. The Bertz CT molecular complexity index is 192. The molecule has 1 atom stereocenters. The topological polar surface area (TPSA) is 52.6 Å². The molecule has 1 heterocycles. The summed E-state index contributed by atoms with van der Waals surface area (Å²) in [5.74, 6) is -0.174. The molecular weight excluding hydrogens is 180 g/mol. The van der Waals surface area contributed by atoms with Gasteiger partial charge in [-0.15, -0.1) is 0 Å². The zero-order valence-corrected chi connectivity index (χ0v) is 7.38. The van der Waals surface area contributed by atoms with Crippen molar-refractivity contribution in [1.82, 2.24) is 0 Å². The number of esters is 2. The molecule has 0 aromatic rings. The van der Waals surface area contributed by atoms with Gasteiger partial charge in [0.2, 0.25) is 0 Å². The van der Waals surface area contributed by atoms with E-state index in [-0.39, 0.29) is 37.5 Å². The van der Waals surface area contributed by atoms with E-state index in [1.165, 1.54) is 0 Å². The molecule has 0 aromatic carbocycles. The van der Waals surface area contributed by atoms with Gasteiger partial charge in [0.05, 0.1) is 12.8 Å². The van der Waals surface area contributed by atoms with Crippen LogP contribution in [-0.2, 0) is 19.1 Å². The minimum atomic E-state index is -0.384. The summed E-state index contributed by atoms with van der Waals surface area (Å²) < 4.78 is 9.50. The van der Waals surface area contributed by atoms with E-state index >= 15 is 0 Å². The molecule has 0 aliphatic carbocycles. The third-order valence-electron chi connectivity index (χ3n) is 1.44. The van der Waals surface area contributed by atoms with E-state index in [0.29, 0.717) is 5.75 Å². The Morgan fingerprint density at radius 2 is 2.50 bits per heavy atom. The Morgan fingerprint density at radius 1 is 1.75 bits per heavy atom. The van der Waals surface area contributed by atoms with Crippen LogP contribution in [0.2, 0.25) is 0 Å². The van der Waals surface area contributed by atoms with Gasteiger partial charge in [-0.1, -0.05) is 0 Å². The first-order valence-electron chi connectivity index (χ1n) is 3.68. The SMILES string of the molecule is O=C1CC(OC(=O)CCS)CO1. The van der Waals surface area contributed by atoms with Crippen LogP contribution in [0.3, 0.4) is 0 Å². The van der Waals surface area contributed by atoms with E-state index in [1.807, 2.05) is 0 Å². The lowest BCUT2D eigenvalue weighted by atomic mass is 10.3. The summed E-state index contributed by atoms with van der Waals surface area (Å²) in [7, 11) is 0. The number of thiol groups is 1. The van der Waals surface area contributed by atoms with Crippen LogP contribution < -0.4 is 0 Å². The molecule has 0 N–H and O–H groups in total.